The Bertz CT molecular complexity index is 507. The highest BCUT2D eigenvalue weighted by atomic mass is 35.5. The fourth-order valence-electron chi connectivity index (χ4n) is 1.19. The lowest BCUT2D eigenvalue weighted by atomic mass is 10.2. The molecule has 0 aliphatic rings. The van der Waals surface area contributed by atoms with Gasteiger partial charge >= 0.3 is 0 Å². The fraction of sp³-hybridized carbons (Fsp3) is 0. The van der Waals surface area contributed by atoms with Crippen LogP contribution in [-0.4, -0.2) is 9.97 Å². The van der Waals surface area contributed by atoms with Crippen molar-refractivity contribution in [2.75, 3.05) is 0 Å². The number of H-pyrrole nitrogens is 1. The highest BCUT2D eigenvalue weighted by Crippen LogP contribution is 2.17. The maximum Gasteiger partial charge on any atom is 0.248 e. The number of nitrogens with zero attached hydrogens (tertiary/aromatic N) is 1. The van der Waals surface area contributed by atoms with Gasteiger partial charge in [-0.2, -0.15) is 0 Å². The molecular weight excluding hydrogens is 200 g/mol. The Labute approximate surface area is 85.4 Å². The largest absolute Gasteiger partial charge is 0.322 e. The summed E-state index contributed by atoms with van der Waals surface area (Å²) < 4.78 is 0. The summed E-state index contributed by atoms with van der Waals surface area (Å²) in [4.78, 5) is 17.6. The summed E-state index contributed by atoms with van der Waals surface area (Å²) in [6.07, 6.45) is 1.60. The number of rotatable bonds is 1. The maximum atomic E-state index is 11.0. The molecule has 70 valence electrons. The van der Waals surface area contributed by atoms with E-state index in [0.717, 1.165) is 11.3 Å². The summed E-state index contributed by atoms with van der Waals surface area (Å²) in [5.74, 6) is 0. The molecule has 1 N–H and O–H groups in total. The van der Waals surface area contributed by atoms with E-state index in [-0.39, 0.29) is 5.56 Å². The molecule has 0 saturated carbocycles. The number of halogens is 1. The predicted octanol–water partition coefficient (Wildman–Crippen LogP) is 2.09. The summed E-state index contributed by atoms with van der Waals surface area (Å²) in [6.45, 7) is 0. The van der Waals surface area contributed by atoms with Crippen molar-refractivity contribution in [3.63, 3.8) is 0 Å². The van der Waals surface area contributed by atoms with Crippen LogP contribution in [0.5, 0.6) is 0 Å². The van der Waals surface area contributed by atoms with Crippen molar-refractivity contribution in [3.8, 4) is 11.3 Å². The summed E-state index contributed by atoms with van der Waals surface area (Å²) in [7, 11) is 0. The highest BCUT2D eigenvalue weighted by Gasteiger charge is 1.98. The maximum absolute atomic E-state index is 11.0. The average molecular weight is 207 g/mol. The highest BCUT2D eigenvalue weighted by molar-refractivity contribution is 6.29. The first-order chi connectivity index (χ1) is 6.75. The third-order valence-corrected chi connectivity index (χ3v) is 2.01. The van der Waals surface area contributed by atoms with Crippen LogP contribution in [0, 0.1) is 0 Å². The van der Waals surface area contributed by atoms with Gasteiger partial charge in [0.25, 0.3) is 0 Å². The van der Waals surface area contributed by atoms with Gasteiger partial charge in [-0.3, -0.25) is 4.79 Å². The number of aromatic nitrogens is 2. The molecule has 4 heteroatoms. The van der Waals surface area contributed by atoms with Crippen LogP contribution in [0.3, 0.4) is 0 Å². The van der Waals surface area contributed by atoms with E-state index in [2.05, 4.69) is 9.97 Å². The zero-order chi connectivity index (χ0) is 9.97. The standard InChI is InChI=1S/C10H7ClN2O/c11-9-6-7(4-5-12-9)8-2-1-3-10(14)13-8/h1-6H,(H,13,14). The Morgan fingerprint density at radius 1 is 1.29 bits per heavy atom. The van der Waals surface area contributed by atoms with Crippen molar-refractivity contribution in [1.29, 1.82) is 0 Å². The first kappa shape index (κ1) is 8.97. The lowest BCUT2D eigenvalue weighted by Crippen LogP contribution is -2.03. The second-order valence-electron chi connectivity index (χ2n) is 2.80. The molecule has 0 radical (unpaired) electrons. The molecule has 2 heterocycles. The molecule has 0 bridgehead atoms. The van der Waals surface area contributed by atoms with Crippen molar-refractivity contribution in [1.82, 2.24) is 9.97 Å². The van der Waals surface area contributed by atoms with Crippen molar-refractivity contribution in [2.45, 2.75) is 0 Å². The molecule has 0 unspecified atom stereocenters. The third kappa shape index (κ3) is 1.83. The summed E-state index contributed by atoms with van der Waals surface area (Å²) in [5, 5.41) is 0.409. The van der Waals surface area contributed by atoms with Crippen molar-refractivity contribution in [3.05, 3.63) is 52.0 Å². The van der Waals surface area contributed by atoms with Gasteiger partial charge in [-0.1, -0.05) is 17.7 Å². The summed E-state index contributed by atoms with van der Waals surface area (Å²) in [6, 6.07) is 8.46. The lowest BCUT2D eigenvalue weighted by molar-refractivity contribution is 1.23. The number of hydrogen-bond donors (Lipinski definition) is 1. The first-order valence-electron chi connectivity index (χ1n) is 4.07. The number of pyridine rings is 2. The van der Waals surface area contributed by atoms with E-state index in [1.165, 1.54) is 6.07 Å². The van der Waals surface area contributed by atoms with Crippen molar-refractivity contribution in [2.24, 2.45) is 0 Å². The van der Waals surface area contributed by atoms with Crippen LogP contribution < -0.4 is 5.56 Å². The van der Waals surface area contributed by atoms with E-state index in [4.69, 9.17) is 11.6 Å². The van der Waals surface area contributed by atoms with E-state index < -0.39 is 0 Å². The van der Waals surface area contributed by atoms with Gasteiger partial charge in [0.2, 0.25) is 5.56 Å². The Hall–Kier alpha value is -1.61. The molecule has 0 aliphatic carbocycles. The van der Waals surface area contributed by atoms with E-state index in [0.29, 0.717) is 5.15 Å². The molecule has 0 aliphatic heterocycles. The topological polar surface area (TPSA) is 45.8 Å². The number of nitrogens with one attached hydrogen (secondary N) is 1. The van der Waals surface area contributed by atoms with Crippen LogP contribution in [0.15, 0.2) is 41.3 Å². The Morgan fingerprint density at radius 2 is 2.14 bits per heavy atom. The minimum Gasteiger partial charge on any atom is -0.322 e. The zero-order valence-electron chi connectivity index (χ0n) is 7.20. The van der Waals surface area contributed by atoms with Crippen molar-refractivity contribution >= 4 is 11.6 Å². The van der Waals surface area contributed by atoms with Gasteiger partial charge in [-0.05, 0) is 18.2 Å². The smallest absolute Gasteiger partial charge is 0.248 e. The Balaban J connectivity index is 2.55. The van der Waals surface area contributed by atoms with Crippen molar-refractivity contribution < 1.29 is 0 Å². The summed E-state index contributed by atoms with van der Waals surface area (Å²) in [5.41, 5.74) is 1.46. The number of hydrogen-bond acceptors (Lipinski definition) is 2. The fourth-order valence-corrected chi connectivity index (χ4v) is 1.36. The van der Waals surface area contributed by atoms with Crippen LogP contribution in [0.4, 0.5) is 0 Å². The molecule has 2 aromatic heterocycles. The molecular formula is C10H7ClN2O. The van der Waals surface area contributed by atoms with Crippen LogP contribution in [0.2, 0.25) is 5.15 Å². The van der Waals surface area contributed by atoms with Gasteiger partial charge in [0.15, 0.2) is 0 Å². The second kappa shape index (κ2) is 3.64. The van der Waals surface area contributed by atoms with Gasteiger partial charge < -0.3 is 4.98 Å². The average Bonchev–Trinajstić information content (AvgIpc) is 2.18. The van der Waals surface area contributed by atoms with Crippen LogP contribution in [0.1, 0.15) is 0 Å². The second-order valence-corrected chi connectivity index (χ2v) is 3.18. The Kier molecular flexibility index (Phi) is 2.33. The third-order valence-electron chi connectivity index (χ3n) is 1.81. The molecule has 3 nitrogen and oxygen atoms in total. The molecule has 0 atom stereocenters. The van der Waals surface area contributed by atoms with E-state index in [1.807, 2.05) is 6.07 Å². The van der Waals surface area contributed by atoms with E-state index >= 15 is 0 Å². The summed E-state index contributed by atoms with van der Waals surface area (Å²) >= 11 is 5.73. The van der Waals surface area contributed by atoms with Gasteiger partial charge in [-0.15, -0.1) is 0 Å². The molecule has 2 aromatic rings. The molecule has 2 rings (SSSR count). The predicted molar refractivity (Wildman–Crippen MR) is 55.3 cm³/mol. The Morgan fingerprint density at radius 3 is 2.86 bits per heavy atom. The van der Waals surface area contributed by atoms with Crippen LogP contribution in [0.25, 0.3) is 11.3 Å². The van der Waals surface area contributed by atoms with Gasteiger partial charge in [-0.25, -0.2) is 4.98 Å². The molecule has 14 heavy (non-hydrogen) atoms. The SMILES string of the molecule is O=c1cccc(-c2ccnc(Cl)c2)[nH]1. The van der Waals surface area contributed by atoms with E-state index in [1.54, 1.807) is 24.4 Å². The molecule has 0 aromatic carbocycles. The molecule has 0 fully saturated rings. The van der Waals surface area contributed by atoms with Crippen LogP contribution in [-0.2, 0) is 0 Å². The van der Waals surface area contributed by atoms with E-state index in [9.17, 15) is 4.79 Å². The molecule has 0 saturated heterocycles. The van der Waals surface area contributed by atoms with Gasteiger partial charge in [0, 0.05) is 23.5 Å². The first-order valence-corrected chi connectivity index (χ1v) is 4.45. The molecule has 0 spiro atoms. The zero-order valence-corrected chi connectivity index (χ0v) is 7.95. The van der Waals surface area contributed by atoms with Gasteiger partial charge in [0.1, 0.15) is 5.15 Å². The normalized spacial score (nSPS) is 10.1. The minimum absolute atomic E-state index is 0.129. The quantitative estimate of drug-likeness (QED) is 0.727. The lowest BCUT2D eigenvalue weighted by Gasteiger charge is -2.00. The number of aromatic amines is 1. The molecule has 0 amide bonds. The minimum atomic E-state index is -0.129. The monoisotopic (exact) mass is 206 g/mol. The van der Waals surface area contributed by atoms with Gasteiger partial charge in [0.05, 0.1) is 0 Å². The van der Waals surface area contributed by atoms with Crippen LogP contribution >= 0.6 is 11.6 Å².